The molecular formula is C25H34FN3+2. The van der Waals surface area contributed by atoms with Crippen LogP contribution in [0, 0.1) is 0 Å². The number of hydrogen-bond donors (Lipinski definition) is 0. The summed E-state index contributed by atoms with van der Waals surface area (Å²) in [5, 5.41) is 0. The van der Waals surface area contributed by atoms with Crippen molar-refractivity contribution in [1.29, 1.82) is 0 Å². The van der Waals surface area contributed by atoms with Crippen LogP contribution in [-0.2, 0) is 12.5 Å². The van der Waals surface area contributed by atoms with E-state index in [9.17, 15) is 4.39 Å². The third-order valence-corrected chi connectivity index (χ3v) is 4.78. The quantitative estimate of drug-likeness (QED) is 0.432. The minimum atomic E-state index is -0.147. The van der Waals surface area contributed by atoms with Crippen molar-refractivity contribution < 1.29 is 13.9 Å². The number of nitrogens with one attached hydrogen (secondary N) is 1. The first-order valence-electron chi connectivity index (χ1n) is 9.92. The molecule has 4 heteroatoms. The Hall–Kier alpha value is -2.88. The van der Waals surface area contributed by atoms with Crippen molar-refractivity contribution in [2.75, 3.05) is 14.2 Å². The molecule has 0 saturated carbocycles. The van der Waals surface area contributed by atoms with Crippen LogP contribution in [0.3, 0.4) is 0 Å². The van der Waals surface area contributed by atoms with Crippen LogP contribution < -0.4 is 9.55 Å². The summed E-state index contributed by atoms with van der Waals surface area (Å²) < 4.78 is 11.6. The number of halogens is 1. The molecule has 1 N–H and O–H groups in total. The van der Waals surface area contributed by atoms with Crippen molar-refractivity contribution in [2.24, 2.45) is 12.0 Å². The summed E-state index contributed by atoms with van der Waals surface area (Å²) in [7, 11) is 4.42. The van der Waals surface area contributed by atoms with E-state index in [2.05, 4.69) is 90.1 Å². The molecule has 1 aromatic heterocycles. The van der Waals surface area contributed by atoms with Crippen LogP contribution in [0.2, 0.25) is 0 Å². The molecule has 0 aliphatic heterocycles. The summed E-state index contributed by atoms with van der Waals surface area (Å²) in [5.41, 5.74) is 5.61. The van der Waals surface area contributed by atoms with Gasteiger partial charge in [0.1, 0.15) is 7.05 Å². The number of nitrogens with zero attached hydrogens (tertiary/aromatic N) is 2. The van der Waals surface area contributed by atoms with Gasteiger partial charge in [-0.3, -0.25) is 9.38 Å². The Morgan fingerprint density at radius 1 is 1.03 bits per heavy atom. The molecule has 0 aliphatic rings. The van der Waals surface area contributed by atoms with Crippen molar-refractivity contribution in [3.8, 4) is 0 Å². The SMILES string of the molecule is CC.CF.CN=C(/C=C/c1cccc2c1[nH+]cc[n+]2C)C(C)(C)c1ccccc1. The number of aromatic nitrogens is 2. The average molecular weight is 396 g/mol. The highest BCUT2D eigenvalue weighted by atomic mass is 19.1. The molecule has 1 heterocycles. The number of alkyl halides is 1. The molecule has 3 nitrogen and oxygen atoms in total. The zero-order valence-corrected chi connectivity index (χ0v) is 18.7. The average Bonchev–Trinajstić information content (AvgIpc) is 2.78. The molecule has 0 atom stereocenters. The number of fused-ring (bicyclic) bond motifs is 1. The van der Waals surface area contributed by atoms with Crippen LogP contribution in [0.25, 0.3) is 17.1 Å². The van der Waals surface area contributed by atoms with Gasteiger partial charge < -0.3 is 0 Å². The molecule has 29 heavy (non-hydrogen) atoms. The first kappa shape index (κ1) is 24.2. The molecule has 0 bridgehead atoms. The molecule has 0 radical (unpaired) electrons. The van der Waals surface area contributed by atoms with E-state index < -0.39 is 0 Å². The van der Waals surface area contributed by atoms with E-state index in [-0.39, 0.29) is 5.41 Å². The fraction of sp³-hybridized carbons (Fsp3) is 0.320. The van der Waals surface area contributed by atoms with Gasteiger partial charge in [-0.25, -0.2) is 4.98 Å². The van der Waals surface area contributed by atoms with E-state index in [4.69, 9.17) is 0 Å². The number of allylic oxidation sites excluding steroid dienone is 1. The molecular weight excluding hydrogens is 361 g/mol. The lowest BCUT2D eigenvalue weighted by molar-refractivity contribution is -0.653. The van der Waals surface area contributed by atoms with Crippen molar-refractivity contribution in [1.82, 2.24) is 0 Å². The highest BCUT2D eigenvalue weighted by molar-refractivity contribution is 6.06. The first-order valence-corrected chi connectivity index (χ1v) is 9.92. The highest BCUT2D eigenvalue weighted by Crippen LogP contribution is 2.26. The van der Waals surface area contributed by atoms with Crippen LogP contribution in [0.15, 0.2) is 72.0 Å². The lowest BCUT2D eigenvalue weighted by Gasteiger charge is -2.25. The van der Waals surface area contributed by atoms with Gasteiger partial charge in [0, 0.05) is 24.2 Å². The summed E-state index contributed by atoms with van der Waals surface area (Å²) in [6, 6.07) is 16.8. The van der Waals surface area contributed by atoms with Crippen LogP contribution in [0.1, 0.15) is 38.8 Å². The molecule has 0 amide bonds. The van der Waals surface area contributed by atoms with Crippen molar-refractivity contribution in [2.45, 2.75) is 33.1 Å². The standard InChI is InChI=1S/C22H24N3.C2H6.CH3F/c1-22(2,18-10-6-5-7-11-18)20(23-3)14-13-17-9-8-12-19-21(17)24-15-16-25(19)4;2*1-2/h5-16H,1-4H3;1-2H3;1H3/q+1;;/p+1/b14-13+,23-20?;;. The summed E-state index contributed by atoms with van der Waals surface area (Å²) >= 11 is 0. The van der Waals surface area contributed by atoms with E-state index in [0.29, 0.717) is 7.18 Å². The van der Waals surface area contributed by atoms with Gasteiger partial charge in [0.2, 0.25) is 12.4 Å². The maximum absolute atomic E-state index is 9.50. The maximum atomic E-state index is 9.50. The van der Waals surface area contributed by atoms with Crippen LogP contribution >= 0.6 is 0 Å². The largest absolute Gasteiger partial charge is 0.292 e. The third kappa shape index (κ3) is 5.80. The summed E-state index contributed by atoms with van der Waals surface area (Å²) in [4.78, 5) is 7.92. The predicted octanol–water partition coefficient (Wildman–Crippen LogP) is 5.15. The summed E-state index contributed by atoms with van der Waals surface area (Å²) in [6.07, 6.45) is 8.25. The Bertz CT molecular complexity index is 945. The molecule has 154 valence electrons. The van der Waals surface area contributed by atoms with Gasteiger partial charge in [0.25, 0.3) is 11.0 Å². The Balaban J connectivity index is 0.000000989. The molecule has 0 spiro atoms. The number of para-hydroxylation sites is 1. The first-order chi connectivity index (χ1) is 14.0. The Morgan fingerprint density at radius 2 is 1.69 bits per heavy atom. The molecule has 0 unspecified atom stereocenters. The Labute approximate surface area is 174 Å². The fourth-order valence-electron chi connectivity index (χ4n) is 3.19. The second-order valence-corrected chi connectivity index (χ2v) is 6.75. The number of aryl methyl sites for hydroxylation is 1. The Morgan fingerprint density at radius 3 is 2.31 bits per heavy atom. The minimum Gasteiger partial charge on any atom is -0.292 e. The number of aliphatic imine (C=N–C) groups is 1. The normalized spacial score (nSPS) is 11.5. The third-order valence-electron chi connectivity index (χ3n) is 4.78. The molecule has 3 aromatic rings. The number of hydrogen-bond acceptors (Lipinski definition) is 1. The molecule has 0 saturated heterocycles. The van der Waals surface area contributed by atoms with Gasteiger partial charge in [-0.1, -0.05) is 64.1 Å². The lowest BCUT2D eigenvalue weighted by atomic mass is 9.79. The van der Waals surface area contributed by atoms with E-state index in [0.717, 1.165) is 16.8 Å². The Kier molecular flexibility index (Phi) is 9.87. The van der Waals surface area contributed by atoms with Gasteiger partial charge in [0.15, 0.2) is 0 Å². The van der Waals surface area contributed by atoms with Crippen molar-refractivity contribution >= 4 is 22.8 Å². The van der Waals surface area contributed by atoms with E-state index in [1.54, 1.807) is 0 Å². The fourth-order valence-corrected chi connectivity index (χ4v) is 3.19. The monoisotopic (exact) mass is 395 g/mol. The van der Waals surface area contributed by atoms with Gasteiger partial charge in [0.05, 0.1) is 12.7 Å². The zero-order chi connectivity index (χ0) is 21.9. The predicted molar refractivity (Wildman–Crippen MR) is 122 cm³/mol. The number of rotatable bonds is 4. The van der Waals surface area contributed by atoms with Gasteiger partial charge in [-0.15, -0.1) is 0 Å². The van der Waals surface area contributed by atoms with Crippen molar-refractivity contribution in [3.05, 3.63) is 78.1 Å². The van der Waals surface area contributed by atoms with Gasteiger partial charge in [-0.2, -0.15) is 4.57 Å². The molecule has 0 aliphatic carbocycles. The smallest absolute Gasteiger partial charge is 0.283 e. The maximum Gasteiger partial charge on any atom is 0.283 e. The zero-order valence-electron chi connectivity index (χ0n) is 18.7. The topological polar surface area (TPSA) is 30.4 Å². The minimum absolute atomic E-state index is 0.147. The van der Waals surface area contributed by atoms with Gasteiger partial charge >= 0.3 is 0 Å². The number of H-pyrrole nitrogens is 1. The summed E-state index contributed by atoms with van der Waals surface area (Å²) in [6.45, 7) is 8.43. The van der Waals surface area contributed by atoms with E-state index >= 15 is 0 Å². The van der Waals surface area contributed by atoms with Crippen molar-refractivity contribution in [3.63, 3.8) is 0 Å². The molecule has 3 rings (SSSR count). The number of benzene rings is 2. The molecule has 0 fully saturated rings. The lowest BCUT2D eigenvalue weighted by Crippen LogP contribution is -2.31. The number of aromatic amines is 1. The molecule has 2 aromatic carbocycles. The van der Waals surface area contributed by atoms with Crippen LogP contribution in [-0.4, -0.2) is 19.9 Å². The van der Waals surface area contributed by atoms with E-state index in [1.165, 1.54) is 11.1 Å². The summed E-state index contributed by atoms with van der Waals surface area (Å²) in [5.74, 6) is 0. The van der Waals surface area contributed by atoms with Crippen LogP contribution in [0.5, 0.6) is 0 Å². The van der Waals surface area contributed by atoms with Crippen LogP contribution in [0.4, 0.5) is 4.39 Å². The second-order valence-electron chi connectivity index (χ2n) is 6.75. The highest BCUT2D eigenvalue weighted by Gasteiger charge is 2.25. The van der Waals surface area contributed by atoms with E-state index in [1.807, 2.05) is 39.4 Å². The second kappa shape index (κ2) is 11.8. The van der Waals surface area contributed by atoms with Gasteiger partial charge in [-0.05, 0) is 23.8 Å².